The summed E-state index contributed by atoms with van der Waals surface area (Å²) in [5, 5.41) is 3.58. The van der Waals surface area contributed by atoms with Crippen LogP contribution in [0.2, 0.25) is 0 Å². The molecule has 0 spiro atoms. The smallest absolute Gasteiger partial charge is 0.129 e. The third kappa shape index (κ3) is 4.45. The molecule has 1 heterocycles. The van der Waals surface area contributed by atoms with Gasteiger partial charge in [0.15, 0.2) is 0 Å². The summed E-state index contributed by atoms with van der Waals surface area (Å²) in [7, 11) is 1.68. The zero-order valence-corrected chi connectivity index (χ0v) is 13.2. The first-order chi connectivity index (χ1) is 10.2. The Kier molecular flexibility index (Phi) is 6.03. The number of hydrogen-bond acceptors (Lipinski definition) is 3. The van der Waals surface area contributed by atoms with Gasteiger partial charge in [-0.1, -0.05) is 31.2 Å². The molecule has 0 amide bonds. The summed E-state index contributed by atoms with van der Waals surface area (Å²) in [5.74, 6) is 1.86. The minimum atomic E-state index is 0.205. The summed E-state index contributed by atoms with van der Waals surface area (Å²) in [6.45, 7) is 5.84. The van der Waals surface area contributed by atoms with Crippen LogP contribution in [-0.4, -0.2) is 13.7 Å². The van der Waals surface area contributed by atoms with Gasteiger partial charge in [-0.15, -0.1) is 0 Å². The minimum Gasteiger partial charge on any atom is -0.462 e. The second kappa shape index (κ2) is 8.01. The predicted molar refractivity (Wildman–Crippen MR) is 85.3 cm³/mol. The van der Waals surface area contributed by atoms with Crippen LogP contribution in [0.1, 0.15) is 42.0 Å². The van der Waals surface area contributed by atoms with Gasteiger partial charge in [-0.2, -0.15) is 0 Å². The van der Waals surface area contributed by atoms with E-state index in [-0.39, 0.29) is 6.04 Å². The van der Waals surface area contributed by atoms with Crippen LogP contribution in [0.3, 0.4) is 0 Å². The van der Waals surface area contributed by atoms with Gasteiger partial charge < -0.3 is 14.5 Å². The van der Waals surface area contributed by atoms with E-state index in [2.05, 4.69) is 49.5 Å². The third-order valence-corrected chi connectivity index (χ3v) is 3.64. The van der Waals surface area contributed by atoms with Gasteiger partial charge in [0.25, 0.3) is 0 Å². The van der Waals surface area contributed by atoms with Gasteiger partial charge in [0.1, 0.15) is 18.1 Å². The summed E-state index contributed by atoms with van der Waals surface area (Å²) in [6, 6.07) is 12.8. The van der Waals surface area contributed by atoms with Crippen LogP contribution in [0.4, 0.5) is 0 Å². The van der Waals surface area contributed by atoms with Crippen LogP contribution in [-0.2, 0) is 17.8 Å². The van der Waals surface area contributed by atoms with Gasteiger partial charge in [-0.25, -0.2) is 0 Å². The van der Waals surface area contributed by atoms with Crippen LogP contribution >= 0.6 is 0 Å². The van der Waals surface area contributed by atoms with E-state index in [0.717, 1.165) is 30.9 Å². The molecule has 0 saturated heterocycles. The molecule has 3 heteroatoms. The highest BCUT2D eigenvalue weighted by atomic mass is 16.5. The Morgan fingerprint density at radius 3 is 2.71 bits per heavy atom. The summed E-state index contributed by atoms with van der Waals surface area (Å²) in [5.41, 5.74) is 2.68. The summed E-state index contributed by atoms with van der Waals surface area (Å²) >= 11 is 0. The monoisotopic (exact) mass is 287 g/mol. The normalized spacial score (nSPS) is 12.5. The molecule has 0 aliphatic rings. The minimum absolute atomic E-state index is 0.205. The molecular formula is C18H25NO2. The first kappa shape index (κ1) is 15.8. The second-order valence-corrected chi connectivity index (χ2v) is 5.37. The molecule has 1 aromatic carbocycles. The fourth-order valence-corrected chi connectivity index (χ4v) is 2.45. The molecule has 0 aliphatic heterocycles. The first-order valence-electron chi connectivity index (χ1n) is 7.60. The van der Waals surface area contributed by atoms with E-state index in [0.29, 0.717) is 6.61 Å². The molecule has 3 nitrogen and oxygen atoms in total. The number of nitrogens with one attached hydrogen (secondary N) is 1. The Hall–Kier alpha value is -1.58. The maximum Gasteiger partial charge on any atom is 0.129 e. The lowest BCUT2D eigenvalue weighted by Crippen LogP contribution is -2.24. The average molecular weight is 287 g/mol. The lowest BCUT2D eigenvalue weighted by Gasteiger charge is -2.17. The number of hydrogen-bond donors (Lipinski definition) is 1. The Morgan fingerprint density at radius 1 is 1.19 bits per heavy atom. The summed E-state index contributed by atoms with van der Waals surface area (Å²) in [4.78, 5) is 0. The lowest BCUT2D eigenvalue weighted by atomic mass is 9.99. The third-order valence-electron chi connectivity index (χ3n) is 3.64. The zero-order valence-electron chi connectivity index (χ0n) is 13.2. The largest absolute Gasteiger partial charge is 0.462 e. The van der Waals surface area contributed by atoms with Crippen molar-refractivity contribution in [2.75, 3.05) is 13.7 Å². The Labute approximate surface area is 127 Å². The van der Waals surface area contributed by atoms with Gasteiger partial charge in [0, 0.05) is 7.11 Å². The van der Waals surface area contributed by atoms with Crippen molar-refractivity contribution in [2.45, 2.75) is 39.3 Å². The quantitative estimate of drug-likeness (QED) is 0.796. The number of rotatable bonds is 8. The van der Waals surface area contributed by atoms with E-state index in [4.69, 9.17) is 9.15 Å². The van der Waals surface area contributed by atoms with Crippen LogP contribution < -0.4 is 5.32 Å². The molecule has 0 bridgehead atoms. The Balaban J connectivity index is 2.15. The highest BCUT2D eigenvalue weighted by molar-refractivity contribution is 5.27. The molecule has 2 aromatic rings. The Morgan fingerprint density at radius 2 is 2.00 bits per heavy atom. The number of aryl methyl sites for hydroxylation is 1. The van der Waals surface area contributed by atoms with E-state index in [1.807, 2.05) is 6.07 Å². The predicted octanol–water partition coefficient (Wildman–Crippen LogP) is 4.02. The van der Waals surface area contributed by atoms with Crippen molar-refractivity contribution >= 4 is 0 Å². The highest BCUT2D eigenvalue weighted by Gasteiger charge is 2.16. The van der Waals surface area contributed by atoms with Gasteiger partial charge in [-0.3, -0.25) is 0 Å². The van der Waals surface area contributed by atoms with Crippen molar-refractivity contribution in [3.05, 3.63) is 59.0 Å². The van der Waals surface area contributed by atoms with Crippen molar-refractivity contribution in [1.29, 1.82) is 0 Å². The Bertz CT molecular complexity index is 548. The maximum absolute atomic E-state index is 5.91. The van der Waals surface area contributed by atoms with Crippen LogP contribution in [0.15, 0.2) is 40.8 Å². The van der Waals surface area contributed by atoms with Crippen molar-refractivity contribution in [3.8, 4) is 0 Å². The number of benzene rings is 1. The highest BCUT2D eigenvalue weighted by Crippen LogP contribution is 2.23. The molecule has 1 atom stereocenters. The number of furan rings is 1. The molecular weight excluding hydrogens is 262 g/mol. The van der Waals surface area contributed by atoms with Crippen molar-refractivity contribution < 1.29 is 9.15 Å². The van der Waals surface area contributed by atoms with E-state index in [1.54, 1.807) is 7.11 Å². The standard InChI is InChI=1S/C18H25NO2/c1-4-11-19-17(12-15-8-6-5-7-14(15)2)18-10-9-16(21-18)13-20-3/h5-10,17,19H,4,11-13H2,1-3H3. The second-order valence-electron chi connectivity index (χ2n) is 5.37. The molecule has 1 unspecified atom stereocenters. The van der Waals surface area contributed by atoms with Crippen molar-refractivity contribution in [1.82, 2.24) is 5.32 Å². The summed E-state index contributed by atoms with van der Waals surface area (Å²) in [6.07, 6.45) is 2.04. The van der Waals surface area contributed by atoms with E-state index >= 15 is 0 Å². The molecule has 0 radical (unpaired) electrons. The molecule has 1 aromatic heterocycles. The average Bonchev–Trinajstić information content (AvgIpc) is 2.94. The van der Waals surface area contributed by atoms with E-state index < -0.39 is 0 Å². The van der Waals surface area contributed by atoms with Crippen molar-refractivity contribution in [3.63, 3.8) is 0 Å². The maximum atomic E-state index is 5.91. The van der Waals surface area contributed by atoms with Gasteiger partial charge in [0.2, 0.25) is 0 Å². The lowest BCUT2D eigenvalue weighted by molar-refractivity contribution is 0.161. The zero-order chi connectivity index (χ0) is 15.1. The fraction of sp³-hybridized carbons (Fsp3) is 0.444. The van der Waals surface area contributed by atoms with Gasteiger partial charge >= 0.3 is 0 Å². The molecule has 0 aliphatic carbocycles. The number of ether oxygens (including phenoxy) is 1. The van der Waals surface area contributed by atoms with Crippen LogP contribution in [0.5, 0.6) is 0 Å². The molecule has 1 N–H and O–H groups in total. The molecule has 114 valence electrons. The van der Waals surface area contributed by atoms with E-state index in [1.165, 1.54) is 11.1 Å². The van der Waals surface area contributed by atoms with Crippen molar-refractivity contribution in [2.24, 2.45) is 0 Å². The first-order valence-corrected chi connectivity index (χ1v) is 7.60. The summed E-state index contributed by atoms with van der Waals surface area (Å²) < 4.78 is 11.0. The number of methoxy groups -OCH3 is 1. The molecule has 0 fully saturated rings. The molecule has 0 saturated carbocycles. The topological polar surface area (TPSA) is 34.4 Å². The van der Waals surface area contributed by atoms with Gasteiger partial charge in [0.05, 0.1) is 6.04 Å². The van der Waals surface area contributed by atoms with E-state index in [9.17, 15) is 0 Å². The van der Waals surface area contributed by atoms with Crippen LogP contribution in [0, 0.1) is 6.92 Å². The SMILES string of the molecule is CCCNC(Cc1ccccc1C)c1ccc(COC)o1. The van der Waals surface area contributed by atoms with Gasteiger partial charge in [-0.05, 0) is 49.6 Å². The van der Waals surface area contributed by atoms with Crippen LogP contribution in [0.25, 0.3) is 0 Å². The fourth-order valence-electron chi connectivity index (χ4n) is 2.45. The molecule has 21 heavy (non-hydrogen) atoms. The molecule has 2 rings (SSSR count).